The van der Waals surface area contributed by atoms with Crippen molar-refractivity contribution < 1.29 is 37.3 Å². The van der Waals surface area contributed by atoms with Gasteiger partial charge in [0.1, 0.15) is 19.3 Å². The number of allylic oxidation sites excluding steroid dienone is 9. The molecule has 9 nitrogen and oxygen atoms in total. The van der Waals surface area contributed by atoms with E-state index in [0.717, 1.165) is 77.0 Å². The minimum Gasteiger partial charge on any atom is -0.456 e. The predicted molar refractivity (Wildman–Crippen MR) is 355 cm³/mol. The zero-order valence-electron chi connectivity index (χ0n) is 55.0. The Labute approximate surface area is 509 Å². The lowest BCUT2D eigenvalue weighted by molar-refractivity contribution is -0.870. The number of unbranched alkanes of at least 4 members (excludes halogenated alkanes) is 40. The molecule has 1 amide bonds. The molecule has 0 aliphatic rings. The number of ether oxygens (including phenoxy) is 1. The fourth-order valence-corrected chi connectivity index (χ4v) is 11.0. The Morgan fingerprint density at radius 3 is 1.13 bits per heavy atom. The first-order valence-corrected chi connectivity index (χ1v) is 36.6. The normalized spacial score (nSPS) is 13.9. The van der Waals surface area contributed by atoms with E-state index in [0.29, 0.717) is 17.4 Å². The number of esters is 1. The van der Waals surface area contributed by atoms with Crippen molar-refractivity contribution in [2.24, 2.45) is 0 Å². The number of nitrogens with zero attached hydrogens (tertiary/aromatic N) is 1. The van der Waals surface area contributed by atoms with E-state index < -0.39 is 20.0 Å². The number of nitrogens with one attached hydrogen (secondary N) is 1. The largest absolute Gasteiger partial charge is 0.472 e. The van der Waals surface area contributed by atoms with Crippen LogP contribution >= 0.6 is 7.82 Å². The number of hydrogen-bond donors (Lipinski definition) is 2. The Hall–Kier alpha value is -2.29. The summed E-state index contributed by atoms with van der Waals surface area (Å²) in [6.07, 6.45) is 79.4. The van der Waals surface area contributed by atoms with Gasteiger partial charge < -0.3 is 19.4 Å². The van der Waals surface area contributed by atoms with Crippen LogP contribution in [0, 0.1) is 0 Å². The van der Waals surface area contributed by atoms with Crippen LogP contribution in [0.4, 0.5) is 0 Å². The van der Waals surface area contributed by atoms with Crippen LogP contribution < -0.4 is 5.32 Å². The number of carbonyl (C=O) groups excluding carboxylic acids is 2. The van der Waals surface area contributed by atoms with Crippen molar-refractivity contribution in [2.75, 3.05) is 40.9 Å². The number of amides is 1. The van der Waals surface area contributed by atoms with Gasteiger partial charge in [-0.1, -0.05) is 307 Å². The summed E-state index contributed by atoms with van der Waals surface area (Å²) >= 11 is 0. The summed E-state index contributed by atoms with van der Waals surface area (Å²) in [7, 11) is 1.50. The molecule has 0 aliphatic heterocycles. The third kappa shape index (κ3) is 62.2. The first-order chi connectivity index (χ1) is 39.9. The van der Waals surface area contributed by atoms with Crippen LogP contribution in [0.3, 0.4) is 0 Å². The highest BCUT2D eigenvalue weighted by molar-refractivity contribution is 7.47. The molecular formula is C72H136N2O7P+. The molecule has 3 unspecified atom stereocenters. The molecule has 0 rings (SSSR count). The minimum atomic E-state index is -4.45. The van der Waals surface area contributed by atoms with Crippen LogP contribution in [-0.4, -0.2) is 74.3 Å². The van der Waals surface area contributed by atoms with Crippen molar-refractivity contribution in [3.8, 4) is 0 Å². The number of rotatable bonds is 64. The number of likely N-dealkylation sites (N-methyl/N-ethyl adjacent to an activating group) is 1. The molecule has 0 fully saturated rings. The molecule has 0 saturated heterocycles. The van der Waals surface area contributed by atoms with Gasteiger partial charge in [0.15, 0.2) is 0 Å². The fraction of sp³-hybridized carbons (Fsp3) is 0.833. The highest BCUT2D eigenvalue weighted by Gasteiger charge is 2.30. The van der Waals surface area contributed by atoms with Gasteiger partial charge in [-0.05, 0) is 76.7 Å². The lowest BCUT2D eigenvalue weighted by atomic mass is 10.0. The summed E-state index contributed by atoms with van der Waals surface area (Å²) in [5, 5.41) is 3.07. The highest BCUT2D eigenvalue weighted by atomic mass is 31.2. The summed E-state index contributed by atoms with van der Waals surface area (Å²) in [5.74, 6) is -0.494. The van der Waals surface area contributed by atoms with E-state index in [9.17, 15) is 19.0 Å². The van der Waals surface area contributed by atoms with E-state index in [1.54, 1.807) is 0 Å². The van der Waals surface area contributed by atoms with E-state index in [-0.39, 0.29) is 31.5 Å². The summed E-state index contributed by atoms with van der Waals surface area (Å²) in [6, 6.07) is -0.849. The topological polar surface area (TPSA) is 111 Å². The van der Waals surface area contributed by atoms with Crippen LogP contribution in [0.15, 0.2) is 60.8 Å². The second kappa shape index (κ2) is 61.8. The van der Waals surface area contributed by atoms with E-state index >= 15 is 0 Å². The monoisotopic (exact) mass is 1170 g/mol. The van der Waals surface area contributed by atoms with Gasteiger partial charge >= 0.3 is 13.8 Å². The van der Waals surface area contributed by atoms with Crippen molar-refractivity contribution in [2.45, 2.75) is 348 Å². The molecule has 0 bridgehead atoms. The standard InChI is InChI=1S/C72H135N2O7P/c1-7-10-13-16-19-22-25-28-30-32-33-34-35-36-37-38-39-40-41-42-44-47-50-53-56-59-62-65-72(76)81-70(63-60-57-54-51-48-45-27-24-21-18-15-12-9-3)69(68-80-82(77,78)79-67-66-74(4,5)6)73-71(75)64-61-58-55-52-49-46-43-31-29-26-23-20-17-14-11-8-2/h19,22,28,30,33-34,36-37,60,63,69-70H,7-18,20-21,23-27,29,31-32,35,38-59,61-62,64-68H2,1-6H3,(H-,73,75,77,78)/p+1/b22-19-,30-28-,34-33-,37-36-,63-60-. The first kappa shape index (κ1) is 79.7. The van der Waals surface area contributed by atoms with Gasteiger partial charge in [0, 0.05) is 12.8 Å². The predicted octanol–water partition coefficient (Wildman–Crippen LogP) is 22.2. The third-order valence-electron chi connectivity index (χ3n) is 15.7. The molecule has 0 aliphatic carbocycles. The second-order valence-electron chi connectivity index (χ2n) is 25.1. The van der Waals surface area contributed by atoms with E-state index in [1.807, 2.05) is 33.3 Å². The summed E-state index contributed by atoms with van der Waals surface area (Å²) < 4.78 is 30.8. The van der Waals surface area contributed by atoms with E-state index in [1.165, 1.54) is 225 Å². The van der Waals surface area contributed by atoms with Gasteiger partial charge in [-0.2, -0.15) is 0 Å². The molecule has 2 N–H and O–H groups in total. The molecule has 0 spiro atoms. The number of phosphoric acid groups is 1. The lowest BCUT2D eigenvalue weighted by Gasteiger charge is -2.27. The Bertz CT molecular complexity index is 1590. The summed E-state index contributed by atoms with van der Waals surface area (Å²) in [5.41, 5.74) is 0. The summed E-state index contributed by atoms with van der Waals surface area (Å²) in [6.45, 7) is 7.03. The van der Waals surface area contributed by atoms with Crippen molar-refractivity contribution in [3.05, 3.63) is 60.8 Å². The van der Waals surface area contributed by atoms with Crippen LogP contribution in [0.1, 0.15) is 335 Å². The van der Waals surface area contributed by atoms with Crippen molar-refractivity contribution in [1.29, 1.82) is 0 Å². The number of quaternary nitrogens is 1. The molecule has 0 aromatic rings. The maximum Gasteiger partial charge on any atom is 0.472 e. The molecule has 480 valence electrons. The number of phosphoric ester groups is 1. The average molecular weight is 1170 g/mol. The SMILES string of the molecule is CCCCC/C=C\C/C=C\C/C=C\C/C=C\CCCCCCCCCCCCCC(=O)OC(/C=C\CCCCCCCCCCCCC)C(COP(=O)(O)OCC[N+](C)(C)C)NC(=O)CCCCCCCCCCCCCCCCCC. The van der Waals surface area contributed by atoms with Gasteiger partial charge in [-0.3, -0.25) is 18.6 Å². The van der Waals surface area contributed by atoms with E-state index in [2.05, 4.69) is 74.7 Å². The molecular weight excluding hydrogens is 1040 g/mol. The van der Waals surface area contributed by atoms with Gasteiger partial charge in [-0.25, -0.2) is 4.57 Å². The van der Waals surface area contributed by atoms with Gasteiger partial charge in [-0.15, -0.1) is 0 Å². The molecule has 10 heteroatoms. The Balaban J connectivity index is 5.07. The van der Waals surface area contributed by atoms with Crippen LogP contribution in [0.5, 0.6) is 0 Å². The average Bonchev–Trinajstić information content (AvgIpc) is 3.45. The van der Waals surface area contributed by atoms with Gasteiger partial charge in [0.2, 0.25) is 5.91 Å². The highest BCUT2D eigenvalue weighted by Crippen LogP contribution is 2.43. The quantitative estimate of drug-likeness (QED) is 0.0205. The number of hydrogen-bond acceptors (Lipinski definition) is 6. The third-order valence-corrected chi connectivity index (χ3v) is 16.7. The van der Waals surface area contributed by atoms with Gasteiger partial charge in [0.05, 0.1) is 33.8 Å². The lowest BCUT2D eigenvalue weighted by Crippen LogP contribution is -2.47. The zero-order chi connectivity index (χ0) is 60.0. The Kier molecular flexibility index (Phi) is 60.1. The second-order valence-corrected chi connectivity index (χ2v) is 26.5. The molecule has 0 aromatic carbocycles. The van der Waals surface area contributed by atoms with Crippen LogP contribution in [0.25, 0.3) is 0 Å². The maximum atomic E-state index is 13.6. The van der Waals surface area contributed by atoms with E-state index in [4.69, 9.17) is 13.8 Å². The van der Waals surface area contributed by atoms with Gasteiger partial charge in [0.25, 0.3) is 0 Å². The van der Waals surface area contributed by atoms with Crippen LogP contribution in [0.2, 0.25) is 0 Å². The minimum absolute atomic E-state index is 0.0408. The first-order valence-electron chi connectivity index (χ1n) is 35.1. The Morgan fingerprint density at radius 1 is 0.427 bits per heavy atom. The molecule has 0 aromatic heterocycles. The Morgan fingerprint density at radius 2 is 0.744 bits per heavy atom. The van der Waals surface area contributed by atoms with Crippen molar-refractivity contribution >= 4 is 19.7 Å². The molecule has 0 saturated carbocycles. The molecule has 82 heavy (non-hydrogen) atoms. The zero-order valence-corrected chi connectivity index (χ0v) is 55.9. The van der Waals surface area contributed by atoms with Crippen LogP contribution in [-0.2, 0) is 27.9 Å². The summed E-state index contributed by atoms with van der Waals surface area (Å²) in [4.78, 5) is 37.9. The molecule has 0 radical (unpaired) electrons. The van der Waals surface area contributed by atoms with Crippen molar-refractivity contribution in [3.63, 3.8) is 0 Å². The fourth-order valence-electron chi connectivity index (χ4n) is 10.3. The molecule has 3 atom stereocenters. The molecule has 0 heterocycles. The van der Waals surface area contributed by atoms with Crippen molar-refractivity contribution in [1.82, 2.24) is 5.32 Å². The maximum absolute atomic E-state index is 13.6. The number of carbonyl (C=O) groups is 2. The smallest absolute Gasteiger partial charge is 0.456 e.